The SMILES string of the molecule is C=CCN1CCN2CCN3CCN(CC1)C23. The van der Waals surface area contributed by atoms with Gasteiger partial charge < -0.3 is 0 Å². The molecule has 3 aliphatic heterocycles. The molecule has 4 nitrogen and oxygen atoms in total. The zero-order valence-corrected chi connectivity index (χ0v) is 10.0. The molecule has 4 heteroatoms. The maximum absolute atomic E-state index is 3.85. The van der Waals surface area contributed by atoms with E-state index in [4.69, 9.17) is 0 Å². The van der Waals surface area contributed by atoms with Crippen LogP contribution in [0.25, 0.3) is 0 Å². The zero-order chi connectivity index (χ0) is 11.0. The van der Waals surface area contributed by atoms with Gasteiger partial charge in [-0.05, 0) is 0 Å². The monoisotopic (exact) mass is 222 g/mol. The van der Waals surface area contributed by atoms with Crippen molar-refractivity contribution in [3.05, 3.63) is 12.7 Å². The lowest BCUT2D eigenvalue weighted by atomic mass is 10.3. The van der Waals surface area contributed by atoms with Crippen molar-refractivity contribution in [2.24, 2.45) is 0 Å². The molecule has 0 aromatic heterocycles. The standard InChI is InChI=1S/C12H22N4/c1-2-3-13-4-6-14-8-10-16-11-9-15(7-5-13)12(14)16/h2,12H,1,3-11H2. The van der Waals surface area contributed by atoms with E-state index in [1.807, 2.05) is 6.08 Å². The molecule has 3 aliphatic rings. The smallest absolute Gasteiger partial charge is 0.119 e. The summed E-state index contributed by atoms with van der Waals surface area (Å²) < 4.78 is 0. The topological polar surface area (TPSA) is 13.0 Å². The fourth-order valence-electron chi connectivity index (χ4n) is 3.25. The minimum atomic E-state index is 0.630. The van der Waals surface area contributed by atoms with Crippen molar-refractivity contribution < 1.29 is 0 Å². The van der Waals surface area contributed by atoms with Crippen molar-refractivity contribution >= 4 is 0 Å². The minimum Gasteiger partial charge on any atom is -0.297 e. The van der Waals surface area contributed by atoms with Crippen LogP contribution in [0.3, 0.4) is 0 Å². The van der Waals surface area contributed by atoms with Crippen LogP contribution in [-0.2, 0) is 0 Å². The summed E-state index contributed by atoms with van der Waals surface area (Å²) in [5.41, 5.74) is 0. The fourth-order valence-corrected chi connectivity index (χ4v) is 3.25. The second-order valence-corrected chi connectivity index (χ2v) is 5.04. The molecule has 3 rings (SSSR count). The van der Waals surface area contributed by atoms with Crippen LogP contribution in [0.5, 0.6) is 0 Å². The maximum atomic E-state index is 3.85. The second-order valence-electron chi connectivity index (χ2n) is 5.04. The summed E-state index contributed by atoms with van der Waals surface area (Å²) in [6.45, 7) is 14.7. The molecule has 0 aromatic carbocycles. The third kappa shape index (κ3) is 1.80. The predicted octanol–water partition coefficient (Wildman–Crippen LogP) is -0.295. The summed E-state index contributed by atoms with van der Waals surface area (Å²) in [4.78, 5) is 10.4. The maximum Gasteiger partial charge on any atom is 0.119 e. The quantitative estimate of drug-likeness (QED) is 0.595. The number of hydrogen-bond acceptors (Lipinski definition) is 4. The van der Waals surface area contributed by atoms with Gasteiger partial charge in [-0.3, -0.25) is 19.6 Å². The first-order valence-corrected chi connectivity index (χ1v) is 6.44. The number of nitrogens with zero attached hydrogens (tertiary/aromatic N) is 4. The molecule has 16 heavy (non-hydrogen) atoms. The Morgan fingerprint density at radius 2 is 1.25 bits per heavy atom. The van der Waals surface area contributed by atoms with E-state index in [0.717, 1.165) is 6.54 Å². The largest absolute Gasteiger partial charge is 0.297 e. The van der Waals surface area contributed by atoms with Crippen LogP contribution in [0.2, 0.25) is 0 Å². The van der Waals surface area contributed by atoms with E-state index >= 15 is 0 Å². The van der Waals surface area contributed by atoms with E-state index in [1.54, 1.807) is 0 Å². The first-order chi connectivity index (χ1) is 7.88. The van der Waals surface area contributed by atoms with Crippen LogP contribution < -0.4 is 0 Å². The molecule has 0 amide bonds. The molecule has 0 N–H and O–H groups in total. The fraction of sp³-hybridized carbons (Fsp3) is 0.833. The van der Waals surface area contributed by atoms with Crippen LogP contribution in [0.1, 0.15) is 0 Å². The number of rotatable bonds is 2. The lowest BCUT2D eigenvalue weighted by Crippen LogP contribution is -2.52. The Bertz CT molecular complexity index is 248. The normalized spacial score (nSPS) is 30.2. The molecule has 0 saturated carbocycles. The van der Waals surface area contributed by atoms with Crippen molar-refractivity contribution in [3.63, 3.8) is 0 Å². The van der Waals surface area contributed by atoms with Crippen LogP contribution in [0.15, 0.2) is 12.7 Å². The molecule has 0 aromatic rings. The average Bonchev–Trinajstić information content (AvgIpc) is 2.80. The van der Waals surface area contributed by atoms with Gasteiger partial charge in [0.1, 0.15) is 6.29 Å². The average molecular weight is 222 g/mol. The third-order valence-corrected chi connectivity index (χ3v) is 4.12. The van der Waals surface area contributed by atoms with Crippen LogP contribution >= 0.6 is 0 Å². The molecule has 3 heterocycles. The highest BCUT2D eigenvalue weighted by atomic mass is 15.6. The van der Waals surface area contributed by atoms with Gasteiger partial charge in [-0.2, -0.15) is 0 Å². The van der Waals surface area contributed by atoms with Crippen LogP contribution in [0, 0.1) is 0 Å². The summed E-state index contributed by atoms with van der Waals surface area (Å²) in [5.74, 6) is 0. The summed E-state index contributed by atoms with van der Waals surface area (Å²) >= 11 is 0. The van der Waals surface area contributed by atoms with E-state index in [2.05, 4.69) is 26.2 Å². The highest BCUT2D eigenvalue weighted by Crippen LogP contribution is 2.24. The Labute approximate surface area is 98.1 Å². The molecule has 0 bridgehead atoms. The van der Waals surface area contributed by atoms with E-state index in [9.17, 15) is 0 Å². The Balaban J connectivity index is 1.69. The Hall–Kier alpha value is -0.420. The van der Waals surface area contributed by atoms with Crippen molar-refractivity contribution in [1.82, 2.24) is 19.6 Å². The van der Waals surface area contributed by atoms with E-state index in [1.165, 1.54) is 52.4 Å². The van der Waals surface area contributed by atoms with Crippen LogP contribution in [0.4, 0.5) is 0 Å². The molecule has 0 radical (unpaired) electrons. The van der Waals surface area contributed by atoms with Crippen molar-refractivity contribution in [1.29, 1.82) is 0 Å². The Morgan fingerprint density at radius 1 is 0.812 bits per heavy atom. The van der Waals surface area contributed by atoms with Gasteiger partial charge in [-0.15, -0.1) is 6.58 Å². The Kier molecular flexibility index (Phi) is 2.98. The molecule has 3 fully saturated rings. The molecule has 90 valence electrons. The highest BCUT2D eigenvalue weighted by Gasteiger charge is 2.41. The Morgan fingerprint density at radius 3 is 1.69 bits per heavy atom. The van der Waals surface area contributed by atoms with E-state index in [-0.39, 0.29) is 0 Å². The van der Waals surface area contributed by atoms with E-state index in [0.29, 0.717) is 6.29 Å². The van der Waals surface area contributed by atoms with Crippen molar-refractivity contribution in [3.8, 4) is 0 Å². The lowest BCUT2D eigenvalue weighted by molar-refractivity contribution is 0.0211. The van der Waals surface area contributed by atoms with Gasteiger partial charge in [0.05, 0.1) is 0 Å². The molecule has 0 spiro atoms. The van der Waals surface area contributed by atoms with Gasteiger partial charge in [0, 0.05) is 58.9 Å². The minimum absolute atomic E-state index is 0.630. The van der Waals surface area contributed by atoms with Gasteiger partial charge in [-0.25, -0.2) is 0 Å². The summed E-state index contributed by atoms with van der Waals surface area (Å²) in [5, 5.41) is 0. The number of hydrogen-bond donors (Lipinski definition) is 0. The second kappa shape index (κ2) is 4.45. The van der Waals surface area contributed by atoms with Crippen molar-refractivity contribution in [2.75, 3.05) is 58.9 Å². The van der Waals surface area contributed by atoms with Gasteiger partial charge in [0.15, 0.2) is 0 Å². The highest BCUT2D eigenvalue weighted by molar-refractivity contribution is 4.91. The molecule has 0 unspecified atom stereocenters. The lowest BCUT2D eigenvalue weighted by Gasteiger charge is -2.37. The van der Waals surface area contributed by atoms with Gasteiger partial charge in [0.2, 0.25) is 0 Å². The summed E-state index contributed by atoms with van der Waals surface area (Å²) in [6.07, 6.45) is 2.66. The van der Waals surface area contributed by atoms with E-state index < -0.39 is 0 Å². The van der Waals surface area contributed by atoms with Gasteiger partial charge >= 0.3 is 0 Å². The molecular weight excluding hydrogens is 200 g/mol. The molecule has 0 aliphatic carbocycles. The van der Waals surface area contributed by atoms with Gasteiger partial charge in [-0.1, -0.05) is 6.08 Å². The molecule has 3 saturated heterocycles. The predicted molar refractivity (Wildman–Crippen MR) is 65.1 cm³/mol. The zero-order valence-electron chi connectivity index (χ0n) is 10.0. The summed E-state index contributed by atoms with van der Waals surface area (Å²) in [6, 6.07) is 0. The third-order valence-electron chi connectivity index (χ3n) is 4.12. The van der Waals surface area contributed by atoms with Crippen LogP contribution in [-0.4, -0.2) is 84.8 Å². The first-order valence-electron chi connectivity index (χ1n) is 6.44. The summed E-state index contributed by atoms with van der Waals surface area (Å²) in [7, 11) is 0. The molecule has 0 atom stereocenters. The van der Waals surface area contributed by atoms with Gasteiger partial charge in [0.25, 0.3) is 0 Å². The molecular formula is C12H22N4. The van der Waals surface area contributed by atoms with Crippen molar-refractivity contribution in [2.45, 2.75) is 6.29 Å². The first kappa shape index (κ1) is 10.7.